The van der Waals surface area contributed by atoms with Gasteiger partial charge in [0.25, 0.3) is 0 Å². The molecule has 0 aliphatic carbocycles. The molecule has 0 spiro atoms. The lowest BCUT2D eigenvalue weighted by Gasteiger charge is -2.33. The van der Waals surface area contributed by atoms with Gasteiger partial charge in [-0.3, -0.25) is 4.79 Å². The first-order chi connectivity index (χ1) is 13.2. The number of nitrogens with zero attached hydrogens (tertiary/aromatic N) is 2. The number of piperidine rings is 1. The van der Waals surface area contributed by atoms with Crippen molar-refractivity contribution in [2.24, 2.45) is 13.0 Å². The minimum atomic E-state index is 0.0660. The van der Waals surface area contributed by atoms with Crippen molar-refractivity contribution in [2.45, 2.75) is 12.8 Å². The van der Waals surface area contributed by atoms with Crippen LogP contribution in [0.4, 0.5) is 5.69 Å². The number of rotatable bonds is 6. The molecule has 1 atom stereocenters. The Morgan fingerprint density at radius 1 is 1.26 bits per heavy atom. The first-order valence-electron chi connectivity index (χ1n) is 9.53. The van der Waals surface area contributed by atoms with Crippen molar-refractivity contribution in [2.75, 3.05) is 30.3 Å². The second-order valence-corrected chi connectivity index (χ2v) is 7.41. The van der Waals surface area contributed by atoms with Gasteiger partial charge in [-0.25, -0.2) is 4.57 Å². The highest BCUT2D eigenvalue weighted by atomic mass is 32.1. The summed E-state index contributed by atoms with van der Waals surface area (Å²) in [5, 5.41) is 2.97. The van der Waals surface area contributed by atoms with Gasteiger partial charge in [0.05, 0.1) is 5.92 Å². The molecule has 3 rings (SSSR count). The van der Waals surface area contributed by atoms with Crippen LogP contribution in [0, 0.1) is 5.92 Å². The summed E-state index contributed by atoms with van der Waals surface area (Å²) in [7, 11) is 2.04. The molecule has 5 heteroatoms. The van der Waals surface area contributed by atoms with Crippen molar-refractivity contribution in [3.05, 3.63) is 59.9 Å². The van der Waals surface area contributed by atoms with Crippen LogP contribution in [-0.4, -0.2) is 31.3 Å². The lowest BCUT2D eigenvalue weighted by Crippen LogP contribution is -2.43. The lowest BCUT2D eigenvalue weighted by atomic mass is 9.96. The van der Waals surface area contributed by atoms with E-state index in [2.05, 4.69) is 69.9 Å². The summed E-state index contributed by atoms with van der Waals surface area (Å²) in [5.74, 6) is 0.901. The number of benzene rings is 1. The second kappa shape index (κ2) is 9.60. The zero-order chi connectivity index (χ0) is 19.1. The van der Waals surface area contributed by atoms with Crippen LogP contribution in [0.3, 0.4) is 0 Å². The van der Waals surface area contributed by atoms with Gasteiger partial charge in [0.1, 0.15) is 7.05 Å². The molecule has 1 saturated heterocycles. The standard InChI is InChI=1S/C22H27N3OS/c1-24-14-3-2-6-20(24)10-7-18-8-11-21(12-9-18)25-15-4-5-19(17-25)22(26)23-13-16-27/h2-3,6-12,14,19H,4-5,13,15-17H2,1H3,(H-,23,26,27)/p+1. The average molecular weight is 383 g/mol. The summed E-state index contributed by atoms with van der Waals surface area (Å²) in [6, 6.07) is 14.7. The maximum absolute atomic E-state index is 12.3. The molecule has 0 radical (unpaired) electrons. The molecule has 1 unspecified atom stereocenters. The molecule has 1 amide bonds. The summed E-state index contributed by atoms with van der Waals surface area (Å²) in [5.41, 5.74) is 3.51. The smallest absolute Gasteiger partial charge is 0.224 e. The number of hydrogen-bond donors (Lipinski definition) is 2. The Balaban J connectivity index is 1.63. The van der Waals surface area contributed by atoms with E-state index < -0.39 is 0 Å². The van der Waals surface area contributed by atoms with Crippen LogP contribution in [0.1, 0.15) is 24.1 Å². The van der Waals surface area contributed by atoms with E-state index >= 15 is 0 Å². The SMILES string of the molecule is C[n+]1ccccc1/C=C/c1ccc(N2CCCC(C(=O)NCCS)C2)cc1. The number of amides is 1. The predicted octanol–water partition coefficient (Wildman–Crippen LogP) is 2.94. The first-order valence-corrected chi connectivity index (χ1v) is 10.2. The molecule has 1 aliphatic heterocycles. The van der Waals surface area contributed by atoms with Gasteiger partial charge >= 0.3 is 0 Å². The van der Waals surface area contributed by atoms with Gasteiger partial charge in [-0.2, -0.15) is 12.6 Å². The number of thiol groups is 1. The number of aryl methyl sites for hydroxylation is 1. The second-order valence-electron chi connectivity index (χ2n) is 6.96. The van der Waals surface area contributed by atoms with E-state index in [9.17, 15) is 4.79 Å². The van der Waals surface area contributed by atoms with E-state index in [0.717, 1.165) is 31.6 Å². The summed E-state index contributed by atoms with van der Waals surface area (Å²) < 4.78 is 2.09. The van der Waals surface area contributed by atoms with Crippen molar-refractivity contribution in [3.8, 4) is 0 Å². The number of nitrogens with one attached hydrogen (secondary N) is 1. The summed E-state index contributed by atoms with van der Waals surface area (Å²) in [6.07, 6.45) is 8.30. The van der Waals surface area contributed by atoms with Gasteiger partial charge in [-0.05, 0) is 42.7 Å². The fourth-order valence-electron chi connectivity index (χ4n) is 3.44. The summed E-state index contributed by atoms with van der Waals surface area (Å²) in [6.45, 7) is 2.43. The molecule has 4 nitrogen and oxygen atoms in total. The third kappa shape index (κ3) is 5.36. The van der Waals surface area contributed by atoms with Crippen molar-refractivity contribution < 1.29 is 9.36 Å². The number of pyridine rings is 1. The Morgan fingerprint density at radius 3 is 2.81 bits per heavy atom. The Bertz CT molecular complexity index is 788. The molecular formula is C22H28N3OS+. The van der Waals surface area contributed by atoms with E-state index in [1.807, 2.05) is 25.4 Å². The number of carbonyl (C=O) groups is 1. The Kier molecular flexibility index (Phi) is 6.93. The predicted molar refractivity (Wildman–Crippen MR) is 115 cm³/mol. The maximum Gasteiger partial charge on any atom is 0.224 e. The highest BCUT2D eigenvalue weighted by molar-refractivity contribution is 7.80. The quantitative estimate of drug-likeness (QED) is 0.595. The van der Waals surface area contributed by atoms with Crippen molar-refractivity contribution in [1.29, 1.82) is 0 Å². The van der Waals surface area contributed by atoms with E-state index in [1.165, 1.54) is 11.3 Å². The fourth-order valence-corrected chi connectivity index (χ4v) is 3.55. The van der Waals surface area contributed by atoms with Crippen molar-refractivity contribution >= 4 is 36.4 Å². The fraction of sp³-hybridized carbons (Fsp3) is 0.364. The van der Waals surface area contributed by atoms with Crippen LogP contribution in [0.5, 0.6) is 0 Å². The molecule has 1 fully saturated rings. The highest BCUT2D eigenvalue weighted by Gasteiger charge is 2.25. The maximum atomic E-state index is 12.3. The molecule has 142 valence electrons. The van der Waals surface area contributed by atoms with Crippen LogP contribution in [0.15, 0.2) is 48.7 Å². The van der Waals surface area contributed by atoms with E-state index in [4.69, 9.17) is 0 Å². The van der Waals surface area contributed by atoms with Crippen LogP contribution < -0.4 is 14.8 Å². The molecule has 27 heavy (non-hydrogen) atoms. The molecule has 1 aliphatic rings. The van der Waals surface area contributed by atoms with Crippen molar-refractivity contribution in [1.82, 2.24) is 5.32 Å². The van der Waals surface area contributed by atoms with Gasteiger partial charge in [0.2, 0.25) is 11.6 Å². The summed E-state index contributed by atoms with van der Waals surface area (Å²) >= 11 is 4.16. The zero-order valence-electron chi connectivity index (χ0n) is 15.8. The van der Waals surface area contributed by atoms with Crippen LogP contribution >= 0.6 is 12.6 Å². The van der Waals surface area contributed by atoms with Gasteiger partial charge in [-0.15, -0.1) is 0 Å². The monoisotopic (exact) mass is 382 g/mol. The van der Waals surface area contributed by atoms with E-state index in [1.54, 1.807) is 0 Å². The number of carbonyl (C=O) groups excluding carboxylic acids is 1. The molecule has 1 aromatic heterocycles. The molecule has 0 saturated carbocycles. The topological polar surface area (TPSA) is 36.2 Å². The van der Waals surface area contributed by atoms with E-state index in [0.29, 0.717) is 12.3 Å². The Morgan fingerprint density at radius 2 is 2.07 bits per heavy atom. The number of anilines is 1. The molecule has 0 bridgehead atoms. The average Bonchev–Trinajstić information content (AvgIpc) is 2.72. The molecule has 1 aromatic carbocycles. The third-order valence-corrected chi connectivity index (χ3v) is 5.23. The number of hydrogen-bond acceptors (Lipinski definition) is 3. The van der Waals surface area contributed by atoms with Gasteiger partial charge in [0.15, 0.2) is 6.20 Å². The molecular weight excluding hydrogens is 354 g/mol. The van der Waals surface area contributed by atoms with Gasteiger partial charge in [0, 0.05) is 49.3 Å². The van der Waals surface area contributed by atoms with Crippen LogP contribution in [-0.2, 0) is 11.8 Å². The Hall–Kier alpha value is -2.27. The number of aromatic nitrogens is 1. The third-order valence-electron chi connectivity index (χ3n) is 5.00. The van der Waals surface area contributed by atoms with Crippen LogP contribution in [0.2, 0.25) is 0 Å². The Labute approximate surface area is 167 Å². The van der Waals surface area contributed by atoms with Gasteiger partial charge < -0.3 is 10.2 Å². The highest BCUT2D eigenvalue weighted by Crippen LogP contribution is 2.24. The largest absolute Gasteiger partial charge is 0.371 e. The summed E-state index contributed by atoms with van der Waals surface area (Å²) in [4.78, 5) is 14.6. The minimum absolute atomic E-state index is 0.0660. The van der Waals surface area contributed by atoms with Crippen LogP contribution in [0.25, 0.3) is 12.2 Å². The molecule has 2 aromatic rings. The molecule has 2 heterocycles. The zero-order valence-corrected chi connectivity index (χ0v) is 16.7. The van der Waals surface area contributed by atoms with Gasteiger partial charge in [-0.1, -0.05) is 12.1 Å². The first kappa shape index (κ1) is 19.5. The van der Waals surface area contributed by atoms with E-state index in [-0.39, 0.29) is 11.8 Å². The molecule has 1 N–H and O–H groups in total. The van der Waals surface area contributed by atoms with Crippen molar-refractivity contribution in [3.63, 3.8) is 0 Å². The minimum Gasteiger partial charge on any atom is -0.371 e. The lowest BCUT2D eigenvalue weighted by molar-refractivity contribution is -0.673. The normalized spacial score (nSPS) is 17.3.